The van der Waals surface area contributed by atoms with Crippen LogP contribution in [0.1, 0.15) is 42.3 Å². The first-order valence-corrected chi connectivity index (χ1v) is 16.3. The average Bonchev–Trinajstić information content (AvgIpc) is 3.27. The van der Waals surface area contributed by atoms with Gasteiger partial charge in [-0.15, -0.1) is 0 Å². The van der Waals surface area contributed by atoms with Gasteiger partial charge in [-0.05, 0) is 56.1 Å². The van der Waals surface area contributed by atoms with E-state index in [0.29, 0.717) is 17.9 Å². The van der Waals surface area contributed by atoms with E-state index >= 15 is 4.39 Å². The molecule has 42 heavy (non-hydrogen) atoms. The number of aromatic amines is 1. The molecule has 1 fully saturated rings. The minimum Gasteiger partial charge on any atom is -0.360 e. The van der Waals surface area contributed by atoms with Gasteiger partial charge < -0.3 is 9.88 Å². The Morgan fingerprint density at radius 2 is 1.86 bits per heavy atom. The van der Waals surface area contributed by atoms with Crippen LogP contribution in [0.2, 0.25) is 0 Å². The number of hydrogen-bond acceptors (Lipinski definition) is 7. The second-order valence-corrected chi connectivity index (χ2v) is 13.3. The maximum Gasteiger partial charge on any atom is 0.178 e. The average molecular weight is 592 g/mol. The number of nitrogens with one attached hydrogen (secondary N) is 1. The number of ketones is 1. The molecule has 2 aromatic carbocycles. The predicted molar refractivity (Wildman–Crippen MR) is 163 cm³/mol. The van der Waals surface area contributed by atoms with Crippen LogP contribution in [0.25, 0.3) is 22.2 Å². The lowest BCUT2D eigenvalue weighted by atomic mass is 9.97. The van der Waals surface area contributed by atoms with Crippen LogP contribution >= 0.6 is 0 Å². The summed E-state index contributed by atoms with van der Waals surface area (Å²) in [7, 11) is -1.57. The molecule has 0 aliphatic carbocycles. The second-order valence-electron chi connectivity index (χ2n) is 11.3. The molecular formula is C32H38FN5O3S. The molecule has 4 aromatic rings. The van der Waals surface area contributed by atoms with Gasteiger partial charge in [-0.2, -0.15) is 0 Å². The monoisotopic (exact) mass is 591 g/mol. The van der Waals surface area contributed by atoms with Gasteiger partial charge in [0, 0.05) is 67.6 Å². The van der Waals surface area contributed by atoms with Crippen LogP contribution in [0, 0.1) is 12.7 Å². The molecule has 10 heteroatoms. The summed E-state index contributed by atoms with van der Waals surface area (Å²) < 4.78 is 39.0. The Labute approximate surface area is 246 Å². The zero-order chi connectivity index (χ0) is 30.0. The number of likely N-dealkylation sites (N-methyl/N-ethyl adjacent to an activating group) is 1. The quantitative estimate of drug-likeness (QED) is 0.304. The topological polar surface area (TPSA) is 99.3 Å². The third-order valence-corrected chi connectivity index (χ3v) is 9.30. The fourth-order valence-electron chi connectivity index (χ4n) is 5.92. The summed E-state index contributed by atoms with van der Waals surface area (Å²) in [5.74, 6) is -0.163. The van der Waals surface area contributed by atoms with Gasteiger partial charge in [0.2, 0.25) is 0 Å². The van der Waals surface area contributed by atoms with Crippen molar-refractivity contribution >= 4 is 26.5 Å². The van der Waals surface area contributed by atoms with Gasteiger partial charge in [-0.3, -0.25) is 9.69 Å². The first-order chi connectivity index (χ1) is 20.1. The smallest absolute Gasteiger partial charge is 0.178 e. The summed E-state index contributed by atoms with van der Waals surface area (Å²) in [5.41, 5.74) is 4.49. The van der Waals surface area contributed by atoms with Crippen LogP contribution < -0.4 is 0 Å². The Morgan fingerprint density at radius 1 is 1.10 bits per heavy atom. The summed E-state index contributed by atoms with van der Waals surface area (Å²) in [6, 6.07) is 10.2. The molecular weight excluding hydrogens is 553 g/mol. The van der Waals surface area contributed by atoms with Gasteiger partial charge in [-0.25, -0.2) is 22.8 Å². The van der Waals surface area contributed by atoms with Crippen molar-refractivity contribution in [2.24, 2.45) is 0 Å². The van der Waals surface area contributed by atoms with Crippen LogP contribution in [0.3, 0.4) is 0 Å². The molecule has 0 radical (unpaired) electrons. The van der Waals surface area contributed by atoms with E-state index in [0.717, 1.165) is 72.9 Å². The highest BCUT2D eigenvalue weighted by atomic mass is 32.2. The molecule has 0 amide bonds. The number of Topliss-reactive ketones (excluding diaryl/α,β-unsaturated/α-hetero) is 1. The molecule has 2 aromatic heterocycles. The molecule has 1 aliphatic rings. The Balaban J connectivity index is 1.42. The molecule has 0 saturated carbocycles. The second kappa shape index (κ2) is 12.4. The number of hydrogen-bond donors (Lipinski definition) is 1. The standard InChI is InChI=1S/C32H38FN5O3S/c1-5-26(38-14-8-13-37(3)15-16-38)27(39)17-23-10-6-11-24-25(20-35-32(23)24)31-21(2)19-34-29(36-31)18-22-9-7-12-28(30(22)33)42(4,40)41/h6-7,9-12,19-20,26,35H,5,8,13-18H2,1-4H3/t26-/m0/s1. The minimum absolute atomic E-state index is 0.0509. The normalized spacial score (nSPS) is 16.0. The van der Waals surface area contributed by atoms with E-state index in [-0.39, 0.29) is 28.7 Å². The minimum atomic E-state index is -3.70. The summed E-state index contributed by atoms with van der Waals surface area (Å²) in [4.78, 5) is 30.5. The van der Waals surface area contributed by atoms with Crippen LogP contribution in [-0.2, 0) is 27.5 Å². The number of halogens is 1. The van der Waals surface area contributed by atoms with Crippen molar-refractivity contribution in [1.29, 1.82) is 0 Å². The number of carbonyl (C=O) groups excluding carboxylic acids is 1. The molecule has 222 valence electrons. The third kappa shape index (κ3) is 6.30. The number of aromatic nitrogens is 3. The highest BCUT2D eigenvalue weighted by Gasteiger charge is 2.26. The number of H-pyrrole nitrogens is 1. The lowest BCUT2D eigenvalue weighted by Crippen LogP contribution is -2.43. The Morgan fingerprint density at radius 3 is 2.62 bits per heavy atom. The summed E-state index contributed by atoms with van der Waals surface area (Å²) in [6.45, 7) is 7.86. The maximum absolute atomic E-state index is 15.0. The molecule has 0 unspecified atom stereocenters. The number of nitrogens with zero attached hydrogens (tertiary/aromatic N) is 4. The highest BCUT2D eigenvalue weighted by molar-refractivity contribution is 7.90. The van der Waals surface area contributed by atoms with E-state index < -0.39 is 15.7 Å². The molecule has 1 atom stereocenters. The van der Waals surface area contributed by atoms with Crippen molar-refractivity contribution in [1.82, 2.24) is 24.8 Å². The molecule has 1 aliphatic heterocycles. The maximum atomic E-state index is 15.0. The Kier molecular flexibility index (Phi) is 8.86. The van der Waals surface area contributed by atoms with Crippen LogP contribution in [0.5, 0.6) is 0 Å². The van der Waals surface area contributed by atoms with E-state index in [1.165, 1.54) is 12.1 Å². The number of carbonyl (C=O) groups is 1. The van der Waals surface area contributed by atoms with Crippen LogP contribution in [-0.4, -0.2) is 84.5 Å². The van der Waals surface area contributed by atoms with Gasteiger partial charge in [0.15, 0.2) is 15.6 Å². The number of fused-ring (bicyclic) bond motifs is 1. The zero-order valence-electron chi connectivity index (χ0n) is 24.7. The largest absolute Gasteiger partial charge is 0.360 e. The SMILES string of the molecule is CC[C@@H](C(=O)Cc1cccc2c(-c3nc(Cc4cccc(S(C)(=O)=O)c4F)ncc3C)c[nH]c12)N1CCCN(C)CC1. The van der Waals surface area contributed by atoms with Gasteiger partial charge in [0.05, 0.1) is 11.7 Å². The van der Waals surface area contributed by atoms with Crippen LogP contribution in [0.15, 0.2) is 53.7 Å². The number of sulfone groups is 1. The van der Waals surface area contributed by atoms with E-state index in [9.17, 15) is 13.2 Å². The third-order valence-electron chi connectivity index (χ3n) is 8.19. The fourth-order valence-corrected chi connectivity index (χ4v) is 6.70. The zero-order valence-corrected chi connectivity index (χ0v) is 25.5. The van der Waals surface area contributed by atoms with Crippen molar-refractivity contribution in [2.75, 3.05) is 39.5 Å². The van der Waals surface area contributed by atoms with Crippen molar-refractivity contribution < 1.29 is 17.6 Å². The van der Waals surface area contributed by atoms with E-state index in [2.05, 4.69) is 33.7 Å². The molecule has 3 heterocycles. The summed E-state index contributed by atoms with van der Waals surface area (Å²) >= 11 is 0. The van der Waals surface area contributed by atoms with Gasteiger partial charge in [0.25, 0.3) is 0 Å². The van der Waals surface area contributed by atoms with Crippen molar-refractivity contribution in [3.05, 3.63) is 77.1 Å². The van der Waals surface area contributed by atoms with E-state index in [1.54, 1.807) is 12.3 Å². The molecule has 0 bridgehead atoms. The first kappa shape index (κ1) is 30.0. The summed E-state index contributed by atoms with van der Waals surface area (Å²) in [5, 5.41) is 0.947. The first-order valence-electron chi connectivity index (χ1n) is 14.4. The fraction of sp³-hybridized carbons (Fsp3) is 0.406. The molecule has 1 saturated heterocycles. The molecule has 1 N–H and O–H groups in total. The van der Waals surface area contributed by atoms with Crippen LogP contribution in [0.4, 0.5) is 4.39 Å². The summed E-state index contributed by atoms with van der Waals surface area (Å²) in [6.07, 6.45) is 6.82. The Bertz CT molecular complexity index is 1720. The lowest BCUT2D eigenvalue weighted by molar-refractivity contribution is -0.123. The van der Waals surface area contributed by atoms with Crippen molar-refractivity contribution in [3.8, 4) is 11.3 Å². The van der Waals surface area contributed by atoms with E-state index in [1.807, 2.05) is 31.3 Å². The highest BCUT2D eigenvalue weighted by Crippen LogP contribution is 2.32. The molecule has 8 nitrogen and oxygen atoms in total. The number of rotatable bonds is 9. The van der Waals surface area contributed by atoms with Gasteiger partial charge in [0.1, 0.15) is 16.5 Å². The van der Waals surface area contributed by atoms with Gasteiger partial charge >= 0.3 is 0 Å². The molecule has 0 spiro atoms. The number of benzene rings is 2. The predicted octanol–water partition coefficient (Wildman–Crippen LogP) is 4.59. The van der Waals surface area contributed by atoms with Crippen molar-refractivity contribution in [2.45, 2.75) is 50.5 Å². The number of aryl methyl sites for hydroxylation is 1. The molecule has 5 rings (SSSR count). The Hall–Kier alpha value is -3.47. The lowest BCUT2D eigenvalue weighted by Gasteiger charge is -2.28. The van der Waals surface area contributed by atoms with E-state index in [4.69, 9.17) is 4.98 Å². The van der Waals surface area contributed by atoms with Gasteiger partial charge in [-0.1, -0.05) is 37.3 Å². The number of para-hydroxylation sites is 1. The van der Waals surface area contributed by atoms with Crippen molar-refractivity contribution in [3.63, 3.8) is 0 Å².